The number of carbonyl (C=O) groups is 1. The number of nitro groups is 1. The standard InChI is InChI=1S/C16H19ClN2O5/c17-13-5-4-11(8-14(13)19(21)22)15(20)18-9-12-10-23-16(24-12)6-2-1-3-7-16/h4-5,8,12H,1-3,6-7,9-10H2,(H,18,20)/t12-/m1/s1. The molecule has 2 aliphatic rings. The van der Waals surface area contributed by atoms with Crippen LogP contribution in [0.5, 0.6) is 0 Å². The molecule has 1 aromatic rings. The number of ether oxygens (including phenoxy) is 2. The van der Waals surface area contributed by atoms with Gasteiger partial charge in [0.25, 0.3) is 11.6 Å². The third-order valence-corrected chi connectivity index (χ3v) is 4.74. The highest BCUT2D eigenvalue weighted by molar-refractivity contribution is 6.32. The van der Waals surface area contributed by atoms with Crippen molar-refractivity contribution in [2.24, 2.45) is 0 Å². The number of nitro benzene ring substituents is 1. The molecule has 1 heterocycles. The molecule has 1 amide bonds. The third-order valence-electron chi connectivity index (χ3n) is 4.42. The summed E-state index contributed by atoms with van der Waals surface area (Å²) in [5, 5.41) is 13.6. The second-order valence-electron chi connectivity index (χ2n) is 6.16. The van der Waals surface area contributed by atoms with Crippen LogP contribution in [-0.2, 0) is 9.47 Å². The summed E-state index contributed by atoms with van der Waals surface area (Å²) in [6, 6.07) is 3.98. The quantitative estimate of drug-likeness (QED) is 0.662. The lowest BCUT2D eigenvalue weighted by atomic mass is 9.94. The summed E-state index contributed by atoms with van der Waals surface area (Å²) >= 11 is 5.75. The van der Waals surface area contributed by atoms with Crippen molar-refractivity contribution in [1.82, 2.24) is 5.32 Å². The number of amides is 1. The van der Waals surface area contributed by atoms with E-state index in [-0.39, 0.29) is 22.4 Å². The highest BCUT2D eigenvalue weighted by Gasteiger charge is 2.42. The summed E-state index contributed by atoms with van der Waals surface area (Å²) in [6.45, 7) is 0.748. The van der Waals surface area contributed by atoms with Gasteiger partial charge in [0.2, 0.25) is 0 Å². The van der Waals surface area contributed by atoms with Crippen molar-refractivity contribution in [3.05, 3.63) is 38.9 Å². The maximum absolute atomic E-state index is 12.2. The first-order chi connectivity index (χ1) is 11.5. The topological polar surface area (TPSA) is 90.7 Å². The van der Waals surface area contributed by atoms with Gasteiger partial charge in [-0.2, -0.15) is 0 Å². The lowest BCUT2D eigenvalue weighted by Crippen LogP contribution is -2.37. The lowest BCUT2D eigenvalue weighted by molar-refractivity contribution is -0.384. The minimum atomic E-state index is -0.611. The Hall–Kier alpha value is -1.70. The predicted molar refractivity (Wildman–Crippen MR) is 87.1 cm³/mol. The van der Waals surface area contributed by atoms with Gasteiger partial charge >= 0.3 is 0 Å². The van der Waals surface area contributed by atoms with Gasteiger partial charge < -0.3 is 14.8 Å². The molecule has 1 aromatic carbocycles. The average Bonchev–Trinajstić information content (AvgIpc) is 2.96. The van der Waals surface area contributed by atoms with Crippen molar-refractivity contribution < 1.29 is 19.2 Å². The van der Waals surface area contributed by atoms with Gasteiger partial charge in [-0.1, -0.05) is 18.0 Å². The van der Waals surface area contributed by atoms with Gasteiger partial charge in [0.1, 0.15) is 11.1 Å². The summed E-state index contributed by atoms with van der Waals surface area (Å²) in [7, 11) is 0. The summed E-state index contributed by atoms with van der Waals surface area (Å²) < 4.78 is 11.8. The minimum Gasteiger partial charge on any atom is -0.349 e. The Labute approximate surface area is 144 Å². The van der Waals surface area contributed by atoms with E-state index in [1.165, 1.54) is 24.6 Å². The number of carbonyl (C=O) groups excluding carboxylic acids is 1. The first kappa shape index (κ1) is 17.1. The molecule has 0 unspecified atom stereocenters. The molecule has 1 saturated heterocycles. The number of rotatable bonds is 4. The molecule has 7 nitrogen and oxygen atoms in total. The van der Waals surface area contributed by atoms with E-state index in [1.54, 1.807) is 0 Å². The maximum atomic E-state index is 12.2. The van der Waals surface area contributed by atoms with E-state index in [4.69, 9.17) is 21.1 Å². The maximum Gasteiger partial charge on any atom is 0.288 e. The van der Waals surface area contributed by atoms with Gasteiger partial charge in [0.15, 0.2) is 5.79 Å². The molecule has 1 aliphatic carbocycles. The van der Waals surface area contributed by atoms with E-state index in [0.29, 0.717) is 13.2 Å². The van der Waals surface area contributed by atoms with E-state index in [2.05, 4.69) is 5.32 Å². The molecular weight excluding hydrogens is 336 g/mol. The zero-order valence-corrected chi connectivity index (χ0v) is 13.9. The zero-order valence-electron chi connectivity index (χ0n) is 13.1. The second-order valence-corrected chi connectivity index (χ2v) is 6.56. The molecule has 1 saturated carbocycles. The number of nitrogens with one attached hydrogen (secondary N) is 1. The zero-order chi connectivity index (χ0) is 17.2. The number of hydrogen-bond acceptors (Lipinski definition) is 5. The van der Waals surface area contributed by atoms with Crippen molar-refractivity contribution in [3.63, 3.8) is 0 Å². The largest absolute Gasteiger partial charge is 0.349 e. The van der Waals surface area contributed by atoms with Crippen LogP contribution < -0.4 is 5.32 Å². The van der Waals surface area contributed by atoms with Crippen LogP contribution in [0.1, 0.15) is 42.5 Å². The van der Waals surface area contributed by atoms with E-state index in [0.717, 1.165) is 25.7 Å². The average molecular weight is 355 g/mol. The SMILES string of the molecule is O=C(NC[C@@H]1COC2(CCCCC2)O1)c1ccc(Cl)c([N+](=O)[O-])c1. The smallest absolute Gasteiger partial charge is 0.288 e. The van der Waals surface area contributed by atoms with Crippen LogP contribution in [0.3, 0.4) is 0 Å². The summed E-state index contributed by atoms with van der Waals surface area (Å²) in [4.78, 5) is 22.5. The Kier molecular flexibility index (Phi) is 5.03. The monoisotopic (exact) mass is 354 g/mol. The van der Waals surface area contributed by atoms with Crippen LogP contribution in [0.25, 0.3) is 0 Å². The molecule has 8 heteroatoms. The van der Waals surface area contributed by atoms with Crippen molar-refractivity contribution in [3.8, 4) is 0 Å². The molecule has 2 fully saturated rings. The second kappa shape index (κ2) is 7.04. The normalized spacial score (nSPS) is 22.5. The minimum absolute atomic E-state index is 0.00307. The van der Waals surface area contributed by atoms with Crippen molar-refractivity contribution in [2.45, 2.75) is 44.0 Å². The molecule has 1 atom stereocenters. The van der Waals surface area contributed by atoms with E-state index < -0.39 is 16.6 Å². The molecular formula is C16H19ClN2O5. The fourth-order valence-electron chi connectivity index (χ4n) is 3.17. The Morgan fingerprint density at radius 1 is 1.38 bits per heavy atom. The number of benzene rings is 1. The predicted octanol–water partition coefficient (Wildman–Crippen LogP) is 3.05. The van der Waals surface area contributed by atoms with Gasteiger partial charge in [-0.05, 0) is 25.0 Å². The third kappa shape index (κ3) is 3.68. The molecule has 130 valence electrons. The first-order valence-corrected chi connectivity index (χ1v) is 8.41. The Morgan fingerprint density at radius 2 is 2.12 bits per heavy atom. The Morgan fingerprint density at radius 3 is 2.83 bits per heavy atom. The summed E-state index contributed by atoms with van der Waals surface area (Å²) in [5.74, 6) is -0.879. The molecule has 24 heavy (non-hydrogen) atoms. The molecule has 1 N–H and O–H groups in total. The molecule has 0 bridgehead atoms. The Balaban J connectivity index is 1.56. The number of halogens is 1. The van der Waals surface area contributed by atoms with Gasteiger partial charge in [-0.15, -0.1) is 0 Å². The van der Waals surface area contributed by atoms with E-state index >= 15 is 0 Å². The van der Waals surface area contributed by atoms with Crippen LogP contribution in [0.15, 0.2) is 18.2 Å². The van der Waals surface area contributed by atoms with Crippen LogP contribution in [0, 0.1) is 10.1 Å². The molecule has 3 rings (SSSR count). The number of nitrogens with zero attached hydrogens (tertiary/aromatic N) is 1. The highest BCUT2D eigenvalue weighted by atomic mass is 35.5. The molecule has 1 spiro atoms. The molecule has 1 aliphatic heterocycles. The number of hydrogen-bond donors (Lipinski definition) is 1. The lowest BCUT2D eigenvalue weighted by Gasteiger charge is -2.31. The van der Waals surface area contributed by atoms with Gasteiger partial charge in [0, 0.05) is 31.0 Å². The van der Waals surface area contributed by atoms with Crippen molar-refractivity contribution in [2.75, 3.05) is 13.2 Å². The van der Waals surface area contributed by atoms with Gasteiger partial charge in [-0.3, -0.25) is 14.9 Å². The van der Waals surface area contributed by atoms with Gasteiger partial charge in [-0.25, -0.2) is 0 Å². The Bertz CT molecular complexity index is 645. The molecule has 0 radical (unpaired) electrons. The van der Waals surface area contributed by atoms with Gasteiger partial charge in [0.05, 0.1) is 11.5 Å². The van der Waals surface area contributed by atoms with Crippen LogP contribution in [0.4, 0.5) is 5.69 Å². The molecule has 0 aromatic heterocycles. The van der Waals surface area contributed by atoms with E-state index in [9.17, 15) is 14.9 Å². The van der Waals surface area contributed by atoms with Crippen LogP contribution in [-0.4, -0.2) is 35.9 Å². The van der Waals surface area contributed by atoms with Crippen LogP contribution >= 0.6 is 11.6 Å². The fourth-order valence-corrected chi connectivity index (χ4v) is 3.36. The highest BCUT2D eigenvalue weighted by Crippen LogP contribution is 2.37. The summed E-state index contributed by atoms with van der Waals surface area (Å²) in [5.41, 5.74) is -0.0941. The van der Waals surface area contributed by atoms with E-state index in [1.807, 2.05) is 0 Å². The van der Waals surface area contributed by atoms with Crippen LogP contribution in [0.2, 0.25) is 5.02 Å². The first-order valence-electron chi connectivity index (χ1n) is 8.03. The van der Waals surface area contributed by atoms with Crippen molar-refractivity contribution >= 4 is 23.2 Å². The summed E-state index contributed by atoms with van der Waals surface area (Å²) in [6.07, 6.45) is 4.96. The van der Waals surface area contributed by atoms with Crippen molar-refractivity contribution in [1.29, 1.82) is 0 Å². The fraction of sp³-hybridized carbons (Fsp3) is 0.562.